The summed E-state index contributed by atoms with van der Waals surface area (Å²) < 4.78 is 6.94. The molecule has 1 atom stereocenters. The van der Waals surface area contributed by atoms with Crippen molar-refractivity contribution < 1.29 is 19.2 Å². The van der Waals surface area contributed by atoms with E-state index in [0.717, 1.165) is 11.1 Å². The van der Waals surface area contributed by atoms with Gasteiger partial charge in [0.2, 0.25) is 5.91 Å². The zero-order valence-electron chi connectivity index (χ0n) is 16.6. The molecular weight excluding hydrogens is 386 g/mol. The maximum absolute atomic E-state index is 12.9. The van der Waals surface area contributed by atoms with Gasteiger partial charge in [-0.05, 0) is 18.1 Å². The summed E-state index contributed by atoms with van der Waals surface area (Å²) in [6, 6.07) is 11.1. The van der Waals surface area contributed by atoms with Gasteiger partial charge in [-0.25, -0.2) is 0 Å². The van der Waals surface area contributed by atoms with Gasteiger partial charge in [0.25, 0.3) is 5.91 Å². The maximum atomic E-state index is 12.9. The van der Waals surface area contributed by atoms with E-state index < -0.39 is 12.0 Å². The molecule has 1 unspecified atom stereocenters. The van der Waals surface area contributed by atoms with E-state index in [0.29, 0.717) is 18.8 Å². The Hall–Kier alpha value is -3.46. The van der Waals surface area contributed by atoms with Crippen LogP contribution in [0.4, 0.5) is 0 Å². The topological polar surface area (TPSA) is 105 Å². The molecule has 3 heterocycles. The summed E-state index contributed by atoms with van der Waals surface area (Å²) >= 11 is 0. The van der Waals surface area contributed by atoms with E-state index in [1.165, 1.54) is 4.90 Å². The van der Waals surface area contributed by atoms with Crippen molar-refractivity contribution in [2.75, 3.05) is 19.6 Å². The van der Waals surface area contributed by atoms with Crippen molar-refractivity contribution >= 4 is 11.8 Å². The van der Waals surface area contributed by atoms with E-state index >= 15 is 0 Å². The molecule has 1 fully saturated rings. The minimum absolute atomic E-state index is 0.0520. The molecule has 0 saturated carbocycles. The van der Waals surface area contributed by atoms with Gasteiger partial charge in [0.1, 0.15) is 13.1 Å². The number of hydrogen-bond acceptors (Lipinski definition) is 6. The fraction of sp³-hybridized carbons (Fsp3) is 0.333. The number of nitrogens with zero attached hydrogens (tertiary/aromatic N) is 5. The summed E-state index contributed by atoms with van der Waals surface area (Å²) in [6.07, 6.45) is 2.74. The highest BCUT2D eigenvalue weighted by molar-refractivity contribution is 5.95. The van der Waals surface area contributed by atoms with Crippen molar-refractivity contribution in [2.24, 2.45) is 0 Å². The molecule has 9 nitrogen and oxygen atoms in total. The molecule has 156 valence electrons. The van der Waals surface area contributed by atoms with Crippen LogP contribution in [0.3, 0.4) is 0 Å². The average Bonchev–Trinajstić information content (AvgIpc) is 3.33. The minimum Gasteiger partial charge on any atom is -0.389 e. The lowest BCUT2D eigenvalue weighted by atomic mass is 10.2. The second-order valence-corrected chi connectivity index (χ2v) is 7.49. The normalized spacial score (nSPS) is 17.3. The van der Waals surface area contributed by atoms with Crippen LogP contribution in [0.25, 0.3) is 0 Å². The van der Waals surface area contributed by atoms with Gasteiger partial charge in [0.05, 0.1) is 12.3 Å². The van der Waals surface area contributed by atoms with Gasteiger partial charge in [-0.3, -0.25) is 14.3 Å². The zero-order valence-corrected chi connectivity index (χ0v) is 16.6. The van der Waals surface area contributed by atoms with Crippen molar-refractivity contribution in [3.8, 4) is 0 Å². The van der Waals surface area contributed by atoms with Gasteiger partial charge in [-0.2, -0.15) is 5.10 Å². The van der Waals surface area contributed by atoms with Gasteiger partial charge in [-0.1, -0.05) is 35.5 Å². The second-order valence-electron chi connectivity index (χ2n) is 7.49. The molecule has 0 aliphatic carbocycles. The van der Waals surface area contributed by atoms with E-state index in [2.05, 4.69) is 10.3 Å². The number of aryl methyl sites for hydroxylation is 1. The second kappa shape index (κ2) is 8.50. The van der Waals surface area contributed by atoms with Crippen LogP contribution < -0.4 is 0 Å². The van der Waals surface area contributed by atoms with Gasteiger partial charge in [0.15, 0.2) is 11.5 Å². The largest absolute Gasteiger partial charge is 0.389 e. The predicted molar refractivity (Wildman–Crippen MR) is 106 cm³/mol. The molecule has 30 heavy (non-hydrogen) atoms. The van der Waals surface area contributed by atoms with Crippen LogP contribution in [-0.4, -0.2) is 67.4 Å². The van der Waals surface area contributed by atoms with Crippen LogP contribution in [0.5, 0.6) is 0 Å². The van der Waals surface area contributed by atoms with E-state index in [9.17, 15) is 14.7 Å². The molecule has 0 spiro atoms. The smallest absolute Gasteiger partial charge is 0.276 e. The van der Waals surface area contributed by atoms with E-state index in [4.69, 9.17) is 4.52 Å². The third-order valence-electron chi connectivity index (χ3n) is 4.90. The molecule has 1 saturated heterocycles. The molecule has 1 aliphatic rings. The van der Waals surface area contributed by atoms with Crippen molar-refractivity contribution in [2.45, 2.75) is 26.1 Å². The first-order valence-corrected chi connectivity index (χ1v) is 9.71. The highest BCUT2D eigenvalue weighted by Gasteiger charge is 2.31. The number of amides is 2. The highest BCUT2D eigenvalue weighted by atomic mass is 16.5. The van der Waals surface area contributed by atoms with E-state index in [-0.39, 0.29) is 31.2 Å². The SMILES string of the molecule is Cc1cnn(Cc2cc(C(=O)N3CC(=O)N(Cc4ccccc4)CC(O)C3)no2)c1. The number of rotatable bonds is 5. The third kappa shape index (κ3) is 4.57. The summed E-state index contributed by atoms with van der Waals surface area (Å²) in [4.78, 5) is 28.5. The molecule has 1 aliphatic heterocycles. The van der Waals surface area contributed by atoms with Crippen LogP contribution in [0, 0.1) is 6.92 Å². The minimum atomic E-state index is -0.845. The first-order chi connectivity index (χ1) is 14.5. The van der Waals surface area contributed by atoms with Crippen LogP contribution in [0.2, 0.25) is 0 Å². The molecule has 4 rings (SSSR count). The van der Waals surface area contributed by atoms with Gasteiger partial charge < -0.3 is 19.4 Å². The third-order valence-corrected chi connectivity index (χ3v) is 4.90. The predicted octanol–water partition coefficient (Wildman–Crippen LogP) is 1.07. The number of hydrogen-bond donors (Lipinski definition) is 1. The summed E-state index contributed by atoms with van der Waals surface area (Å²) in [6.45, 7) is 2.76. The molecular formula is C21H23N5O4. The van der Waals surface area contributed by atoms with Gasteiger partial charge in [0, 0.05) is 31.9 Å². The van der Waals surface area contributed by atoms with E-state index in [1.54, 1.807) is 21.8 Å². The Labute approximate surface area is 173 Å². The van der Waals surface area contributed by atoms with Crippen LogP contribution in [0.1, 0.15) is 27.4 Å². The Morgan fingerprint density at radius 3 is 2.77 bits per heavy atom. The average molecular weight is 409 g/mol. The fourth-order valence-electron chi connectivity index (χ4n) is 3.47. The van der Waals surface area contributed by atoms with E-state index in [1.807, 2.05) is 43.5 Å². The lowest BCUT2D eigenvalue weighted by molar-refractivity contribution is -0.131. The Kier molecular flexibility index (Phi) is 5.62. The lowest BCUT2D eigenvalue weighted by Gasteiger charge is -2.21. The molecule has 2 amide bonds. The first kappa shape index (κ1) is 19.8. The summed E-state index contributed by atoms with van der Waals surface area (Å²) in [5.74, 6) is -0.191. The summed E-state index contributed by atoms with van der Waals surface area (Å²) in [5, 5.41) is 18.4. The number of carbonyl (C=O) groups excluding carboxylic acids is 2. The Balaban J connectivity index is 1.43. The highest BCUT2D eigenvalue weighted by Crippen LogP contribution is 2.14. The number of aliphatic hydroxyl groups excluding tert-OH is 1. The molecule has 2 aromatic heterocycles. The van der Waals surface area contributed by atoms with Crippen molar-refractivity contribution in [3.63, 3.8) is 0 Å². The molecule has 3 aromatic rings. The molecule has 0 radical (unpaired) electrons. The number of aliphatic hydroxyl groups is 1. The molecule has 9 heteroatoms. The molecule has 1 aromatic carbocycles. The van der Waals surface area contributed by atoms with Crippen LogP contribution in [0.15, 0.2) is 53.3 Å². The Bertz CT molecular complexity index is 1030. The van der Waals surface area contributed by atoms with Gasteiger partial charge >= 0.3 is 0 Å². The standard InChI is InChI=1S/C21H23N5O4/c1-15-8-22-26(9-15)13-18-7-19(23-30-18)21(29)25-12-17(27)11-24(20(28)14-25)10-16-5-3-2-4-6-16/h2-9,17,27H,10-14H2,1H3. The summed E-state index contributed by atoms with van der Waals surface area (Å²) in [5.41, 5.74) is 2.08. The lowest BCUT2D eigenvalue weighted by Crippen LogP contribution is -2.39. The van der Waals surface area contributed by atoms with Crippen LogP contribution >= 0.6 is 0 Å². The number of benzene rings is 1. The Morgan fingerprint density at radius 1 is 1.23 bits per heavy atom. The monoisotopic (exact) mass is 409 g/mol. The maximum Gasteiger partial charge on any atom is 0.276 e. The zero-order chi connectivity index (χ0) is 21.1. The number of β-amino-alcohol motifs (C(OH)–C–C–N with tert-alkyl or cyclic N) is 1. The fourth-order valence-corrected chi connectivity index (χ4v) is 3.47. The van der Waals surface area contributed by atoms with Crippen molar-refractivity contribution in [3.05, 3.63) is 71.4 Å². The number of aromatic nitrogens is 3. The van der Waals surface area contributed by atoms with Crippen molar-refractivity contribution in [1.29, 1.82) is 0 Å². The van der Waals surface area contributed by atoms with Gasteiger partial charge in [-0.15, -0.1) is 0 Å². The van der Waals surface area contributed by atoms with Crippen molar-refractivity contribution in [1.82, 2.24) is 24.7 Å². The molecule has 1 N–H and O–H groups in total. The molecule has 0 bridgehead atoms. The summed E-state index contributed by atoms with van der Waals surface area (Å²) in [7, 11) is 0. The van der Waals surface area contributed by atoms with Crippen LogP contribution in [-0.2, 0) is 17.9 Å². The quantitative estimate of drug-likeness (QED) is 0.676. The number of carbonyl (C=O) groups is 2. The first-order valence-electron chi connectivity index (χ1n) is 9.71. The Morgan fingerprint density at radius 2 is 2.03 bits per heavy atom.